The summed E-state index contributed by atoms with van der Waals surface area (Å²) in [6, 6.07) is 16.0. The average Bonchev–Trinajstić information content (AvgIpc) is 2.53. The zero-order valence-electron chi connectivity index (χ0n) is 12.3. The van der Waals surface area contributed by atoms with Gasteiger partial charge < -0.3 is 14.8 Å². The SMILES string of the molecule is COCC(NCc1c(Cl)cccc1OC)c1ccccc1. The number of ether oxygens (including phenoxy) is 2. The Morgan fingerprint density at radius 1 is 1.05 bits per heavy atom. The van der Waals surface area contributed by atoms with Gasteiger partial charge in [0.1, 0.15) is 5.75 Å². The fourth-order valence-corrected chi connectivity index (χ4v) is 2.48. The Balaban J connectivity index is 2.13. The van der Waals surface area contributed by atoms with Crippen molar-refractivity contribution in [3.63, 3.8) is 0 Å². The molecule has 0 radical (unpaired) electrons. The normalized spacial score (nSPS) is 12.1. The van der Waals surface area contributed by atoms with E-state index in [2.05, 4.69) is 17.4 Å². The summed E-state index contributed by atoms with van der Waals surface area (Å²) < 4.78 is 10.7. The maximum absolute atomic E-state index is 6.26. The highest BCUT2D eigenvalue weighted by atomic mass is 35.5. The molecular weight excluding hydrogens is 286 g/mol. The third-order valence-electron chi connectivity index (χ3n) is 3.36. The second kappa shape index (κ2) is 8.03. The lowest BCUT2D eigenvalue weighted by molar-refractivity contribution is 0.166. The highest BCUT2D eigenvalue weighted by molar-refractivity contribution is 6.31. The van der Waals surface area contributed by atoms with Crippen LogP contribution in [-0.2, 0) is 11.3 Å². The largest absolute Gasteiger partial charge is 0.496 e. The lowest BCUT2D eigenvalue weighted by Gasteiger charge is -2.20. The zero-order chi connectivity index (χ0) is 15.1. The summed E-state index contributed by atoms with van der Waals surface area (Å²) in [7, 11) is 3.35. The second-order valence-corrected chi connectivity index (χ2v) is 5.13. The van der Waals surface area contributed by atoms with Crippen LogP contribution in [-0.4, -0.2) is 20.8 Å². The van der Waals surface area contributed by atoms with Crippen LogP contribution in [0.15, 0.2) is 48.5 Å². The Kier molecular flexibility index (Phi) is 6.05. The Morgan fingerprint density at radius 3 is 2.48 bits per heavy atom. The first-order valence-electron chi connectivity index (χ1n) is 6.85. The van der Waals surface area contributed by atoms with Crippen LogP contribution < -0.4 is 10.1 Å². The van der Waals surface area contributed by atoms with E-state index in [1.807, 2.05) is 36.4 Å². The maximum atomic E-state index is 6.26. The number of methoxy groups -OCH3 is 2. The van der Waals surface area contributed by atoms with Crippen molar-refractivity contribution >= 4 is 11.6 Å². The molecule has 0 aliphatic heterocycles. The van der Waals surface area contributed by atoms with Crippen LogP contribution in [0, 0.1) is 0 Å². The average molecular weight is 306 g/mol. The highest BCUT2D eigenvalue weighted by Crippen LogP contribution is 2.27. The summed E-state index contributed by atoms with van der Waals surface area (Å²) in [5.41, 5.74) is 2.14. The molecule has 0 spiro atoms. The molecule has 0 saturated heterocycles. The molecule has 112 valence electrons. The minimum atomic E-state index is 0.108. The van der Waals surface area contributed by atoms with E-state index in [0.717, 1.165) is 11.3 Å². The number of hydrogen-bond donors (Lipinski definition) is 1. The van der Waals surface area contributed by atoms with Crippen molar-refractivity contribution in [1.82, 2.24) is 5.32 Å². The Bertz CT molecular complexity index is 560. The summed E-state index contributed by atoms with van der Waals surface area (Å²) in [5.74, 6) is 0.791. The van der Waals surface area contributed by atoms with Crippen molar-refractivity contribution in [3.05, 3.63) is 64.7 Å². The van der Waals surface area contributed by atoms with Gasteiger partial charge in [0, 0.05) is 24.2 Å². The standard InChI is InChI=1S/C17H20ClNO2/c1-20-12-16(13-7-4-3-5-8-13)19-11-14-15(18)9-6-10-17(14)21-2/h3-10,16,19H,11-12H2,1-2H3. The zero-order valence-corrected chi connectivity index (χ0v) is 13.1. The minimum absolute atomic E-state index is 0.108. The molecule has 3 nitrogen and oxygen atoms in total. The molecular formula is C17H20ClNO2. The van der Waals surface area contributed by atoms with E-state index in [0.29, 0.717) is 18.2 Å². The molecule has 2 aromatic carbocycles. The number of hydrogen-bond acceptors (Lipinski definition) is 3. The predicted octanol–water partition coefficient (Wildman–Crippen LogP) is 3.83. The van der Waals surface area contributed by atoms with Crippen molar-refractivity contribution in [2.24, 2.45) is 0 Å². The maximum Gasteiger partial charge on any atom is 0.124 e. The molecule has 0 fully saturated rings. The topological polar surface area (TPSA) is 30.5 Å². The Hall–Kier alpha value is -1.55. The highest BCUT2D eigenvalue weighted by Gasteiger charge is 2.13. The number of halogens is 1. The third kappa shape index (κ3) is 4.21. The molecule has 1 atom stereocenters. The molecule has 2 rings (SSSR count). The van der Waals surface area contributed by atoms with Crippen molar-refractivity contribution in [2.45, 2.75) is 12.6 Å². The molecule has 0 aliphatic rings. The minimum Gasteiger partial charge on any atom is -0.496 e. The van der Waals surface area contributed by atoms with Crippen LogP contribution in [0.25, 0.3) is 0 Å². The van der Waals surface area contributed by atoms with Gasteiger partial charge in [-0.2, -0.15) is 0 Å². The lowest BCUT2D eigenvalue weighted by Crippen LogP contribution is -2.25. The molecule has 2 aromatic rings. The van der Waals surface area contributed by atoms with Crippen LogP contribution >= 0.6 is 11.6 Å². The smallest absolute Gasteiger partial charge is 0.124 e. The van der Waals surface area contributed by atoms with Crippen LogP contribution in [0.3, 0.4) is 0 Å². The molecule has 0 aromatic heterocycles. The van der Waals surface area contributed by atoms with Gasteiger partial charge in [0.2, 0.25) is 0 Å². The molecule has 0 heterocycles. The van der Waals surface area contributed by atoms with Gasteiger partial charge in [-0.15, -0.1) is 0 Å². The van der Waals surface area contributed by atoms with Crippen molar-refractivity contribution in [2.75, 3.05) is 20.8 Å². The fourth-order valence-electron chi connectivity index (χ4n) is 2.25. The van der Waals surface area contributed by atoms with Gasteiger partial charge in [-0.1, -0.05) is 48.0 Å². The summed E-state index contributed by atoms with van der Waals surface area (Å²) in [6.45, 7) is 1.21. The molecule has 1 N–H and O–H groups in total. The summed E-state index contributed by atoms with van der Waals surface area (Å²) in [4.78, 5) is 0. The van der Waals surface area contributed by atoms with Crippen LogP contribution in [0.2, 0.25) is 5.02 Å². The molecule has 4 heteroatoms. The molecule has 1 unspecified atom stereocenters. The monoisotopic (exact) mass is 305 g/mol. The van der Waals surface area contributed by atoms with Crippen LogP contribution in [0.4, 0.5) is 0 Å². The van der Waals surface area contributed by atoms with Gasteiger partial charge >= 0.3 is 0 Å². The third-order valence-corrected chi connectivity index (χ3v) is 3.71. The van der Waals surface area contributed by atoms with Gasteiger partial charge in [-0.25, -0.2) is 0 Å². The van der Waals surface area contributed by atoms with Crippen LogP contribution in [0.5, 0.6) is 5.75 Å². The van der Waals surface area contributed by atoms with E-state index >= 15 is 0 Å². The van der Waals surface area contributed by atoms with Crippen LogP contribution in [0.1, 0.15) is 17.2 Å². The first-order chi connectivity index (χ1) is 10.3. The van der Waals surface area contributed by atoms with E-state index in [-0.39, 0.29) is 6.04 Å². The molecule has 0 aliphatic carbocycles. The Labute approximate surface area is 130 Å². The van der Waals surface area contributed by atoms with Gasteiger partial charge in [-0.3, -0.25) is 0 Å². The van der Waals surface area contributed by atoms with Crippen molar-refractivity contribution in [3.8, 4) is 5.75 Å². The molecule has 0 saturated carbocycles. The van der Waals surface area contributed by atoms with E-state index in [1.165, 1.54) is 5.56 Å². The molecule has 0 amide bonds. The first kappa shape index (κ1) is 15.8. The quantitative estimate of drug-likeness (QED) is 0.843. The van der Waals surface area contributed by atoms with Crippen molar-refractivity contribution in [1.29, 1.82) is 0 Å². The summed E-state index contributed by atoms with van der Waals surface area (Å²) in [5, 5.41) is 4.18. The predicted molar refractivity (Wildman–Crippen MR) is 85.9 cm³/mol. The van der Waals surface area contributed by atoms with Crippen molar-refractivity contribution < 1.29 is 9.47 Å². The van der Waals surface area contributed by atoms with E-state index in [9.17, 15) is 0 Å². The number of benzene rings is 2. The molecule has 21 heavy (non-hydrogen) atoms. The Morgan fingerprint density at radius 2 is 1.81 bits per heavy atom. The second-order valence-electron chi connectivity index (χ2n) is 4.72. The lowest BCUT2D eigenvalue weighted by atomic mass is 10.1. The molecule has 0 bridgehead atoms. The fraction of sp³-hybridized carbons (Fsp3) is 0.294. The first-order valence-corrected chi connectivity index (χ1v) is 7.22. The summed E-state index contributed by atoms with van der Waals surface area (Å²) in [6.07, 6.45) is 0. The number of rotatable bonds is 7. The van der Waals surface area contributed by atoms with E-state index in [1.54, 1.807) is 14.2 Å². The summed E-state index contributed by atoms with van der Waals surface area (Å²) >= 11 is 6.26. The van der Waals surface area contributed by atoms with Gasteiger partial charge in [0.05, 0.1) is 19.8 Å². The van der Waals surface area contributed by atoms with Gasteiger partial charge in [0.25, 0.3) is 0 Å². The van der Waals surface area contributed by atoms with Gasteiger partial charge in [-0.05, 0) is 17.7 Å². The van der Waals surface area contributed by atoms with E-state index in [4.69, 9.17) is 21.1 Å². The van der Waals surface area contributed by atoms with E-state index < -0.39 is 0 Å². The van der Waals surface area contributed by atoms with Gasteiger partial charge in [0.15, 0.2) is 0 Å². The number of nitrogens with one attached hydrogen (secondary N) is 1.